The van der Waals surface area contributed by atoms with Crippen LogP contribution in [0.3, 0.4) is 0 Å². The minimum absolute atomic E-state index is 0. The fourth-order valence-electron chi connectivity index (χ4n) is 1.01. The molecule has 0 amide bonds. The Hall–Kier alpha value is 0.908. The first-order chi connectivity index (χ1) is 7.83. The molecule has 0 aliphatic rings. The van der Waals surface area contributed by atoms with Gasteiger partial charge in [0.2, 0.25) is 0 Å². The van der Waals surface area contributed by atoms with Gasteiger partial charge in [-0.05, 0) is 12.8 Å². The molecule has 0 aliphatic carbocycles. The average Bonchev–Trinajstić information content (AvgIpc) is 2.16. The molecule has 0 aromatic carbocycles. The van der Waals surface area contributed by atoms with Crippen molar-refractivity contribution in [3.63, 3.8) is 0 Å². The molecule has 2 atom stereocenters. The van der Waals surface area contributed by atoms with Crippen LogP contribution in [-0.2, 0) is 39.2 Å². The third-order valence-corrected chi connectivity index (χ3v) is 5.97. The van der Waals surface area contributed by atoms with Gasteiger partial charge >= 0.3 is 36.3 Å². The van der Waals surface area contributed by atoms with Gasteiger partial charge in [-0.2, -0.15) is 0 Å². The quantitative estimate of drug-likeness (QED) is 0.324. The molecule has 20 heavy (non-hydrogen) atoms. The van der Waals surface area contributed by atoms with Crippen LogP contribution in [0.2, 0.25) is 0 Å². The Morgan fingerprint density at radius 1 is 0.850 bits per heavy atom. The van der Waals surface area contributed by atoms with Crippen LogP contribution in [0, 0.1) is 0 Å². The first-order valence-corrected chi connectivity index (χ1v) is 9.28. The van der Waals surface area contributed by atoms with Gasteiger partial charge in [-0.25, -0.2) is 0 Å². The predicted octanol–water partition coefficient (Wildman–Crippen LogP) is 4.38. The smallest absolute Gasteiger partial charge is 0.693 e. The molecule has 6 N–H and O–H groups in total. The van der Waals surface area contributed by atoms with E-state index in [0.29, 0.717) is 12.8 Å². The van der Waals surface area contributed by atoms with Gasteiger partial charge in [0.05, 0.1) is 13.2 Å². The number of rotatable bonds is 10. The van der Waals surface area contributed by atoms with Crippen LogP contribution in [0.15, 0.2) is 0 Å². The van der Waals surface area contributed by atoms with E-state index in [0.717, 1.165) is 12.8 Å². The van der Waals surface area contributed by atoms with Crippen molar-refractivity contribution in [3.05, 3.63) is 12.3 Å². The van der Waals surface area contributed by atoms with Crippen molar-refractivity contribution in [2.24, 2.45) is 0 Å². The van der Waals surface area contributed by atoms with Crippen LogP contribution < -0.4 is 0 Å². The Balaban J connectivity index is -0.000000427. The van der Waals surface area contributed by atoms with Gasteiger partial charge in [-0.3, -0.25) is 9.13 Å². The molecule has 0 fully saturated rings. The van der Waals surface area contributed by atoms with Crippen molar-refractivity contribution >= 4 is 15.2 Å². The van der Waals surface area contributed by atoms with Gasteiger partial charge in [0.25, 0.3) is 0 Å². The van der Waals surface area contributed by atoms with Gasteiger partial charge < -0.3 is 31.1 Å². The van der Waals surface area contributed by atoms with Gasteiger partial charge in [0.1, 0.15) is 0 Å². The van der Waals surface area contributed by atoms with E-state index in [2.05, 4.69) is 0 Å². The van der Waals surface area contributed by atoms with E-state index in [1.165, 1.54) is 0 Å². The molecule has 0 heterocycles. The van der Waals surface area contributed by atoms with Gasteiger partial charge in [0, 0.05) is 0 Å². The zero-order valence-electron chi connectivity index (χ0n) is 11.8. The molecule has 2 unspecified atom stereocenters. The van der Waals surface area contributed by atoms with Gasteiger partial charge in [-0.1, -0.05) is 26.7 Å². The summed E-state index contributed by atoms with van der Waals surface area (Å²) in [7, 11) is -8.06. The Morgan fingerprint density at radius 2 is 1.15 bits per heavy atom. The standard InChI is InChI=1S/C9H22O6P2.2H2N.Pt/c1-3-5-7-14-16(10,11)9-17(12,13)15-8-6-4-2;;;/h3-9H2,1-2H3,(H,10,11)(H,12,13);2*1H2;/q;2*-1;+2. The summed E-state index contributed by atoms with van der Waals surface area (Å²) in [6.07, 6.45) is 2.92. The van der Waals surface area contributed by atoms with E-state index in [4.69, 9.17) is 9.05 Å². The van der Waals surface area contributed by atoms with E-state index in [1.807, 2.05) is 13.8 Å². The monoisotopic (exact) mass is 515 g/mol. The normalized spacial score (nSPS) is 15.8. The molecule has 0 aromatic heterocycles. The zero-order chi connectivity index (χ0) is 13.4. The molecule has 128 valence electrons. The van der Waals surface area contributed by atoms with Crippen molar-refractivity contribution in [1.29, 1.82) is 0 Å². The summed E-state index contributed by atoms with van der Waals surface area (Å²) in [5.41, 5.74) is 0. The van der Waals surface area contributed by atoms with Crippen molar-refractivity contribution in [2.75, 3.05) is 19.1 Å². The van der Waals surface area contributed by atoms with Gasteiger partial charge in [-0.15, -0.1) is 0 Å². The fourth-order valence-corrected chi connectivity index (χ4v) is 4.30. The summed E-state index contributed by atoms with van der Waals surface area (Å²) in [6, 6.07) is 0. The van der Waals surface area contributed by atoms with E-state index in [1.54, 1.807) is 0 Å². The predicted molar refractivity (Wildman–Crippen MR) is 76.8 cm³/mol. The van der Waals surface area contributed by atoms with Crippen molar-refractivity contribution in [3.8, 4) is 0 Å². The topological polar surface area (TPSA) is 160 Å². The number of unbranched alkanes of at least 4 members (excludes halogenated alkanes) is 2. The van der Waals surface area contributed by atoms with Gasteiger partial charge in [0.15, 0.2) is 5.90 Å². The van der Waals surface area contributed by atoms with Crippen LogP contribution in [0.4, 0.5) is 0 Å². The molecule has 0 bridgehead atoms. The van der Waals surface area contributed by atoms with Crippen molar-refractivity contribution < 1.29 is 49.0 Å². The molecular weight excluding hydrogens is 489 g/mol. The van der Waals surface area contributed by atoms with E-state index >= 15 is 0 Å². The summed E-state index contributed by atoms with van der Waals surface area (Å²) in [5, 5.41) is 0. The van der Waals surface area contributed by atoms with Crippen molar-refractivity contribution in [2.45, 2.75) is 39.5 Å². The molecule has 0 spiro atoms. The molecule has 0 rings (SSSR count). The SMILES string of the molecule is CCCCOP(=O)(O)CP(=O)(O)OCCCC.[NH2-].[NH2-].[Pt+2]. The maximum absolute atomic E-state index is 11.5. The molecule has 0 radical (unpaired) electrons. The summed E-state index contributed by atoms with van der Waals surface area (Å²) in [5.74, 6) is -0.840. The number of hydrogen-bond acceptors (Lipinski definition) is 4. The van der Waals surface area contributed by atoms with Crippen molar-refractivity contribution in [1.82, 2.24) is 0 Å². The fraction of sp³-hybridized carbons (Fsp3) is 1.00. The molecule has 0 saturated carbocycles. The second-order valence-corrected chi connectivity index (χ2v) is 7.99. The second-order valence-electron chi connectivity index (χ2n) is 3.79. The Morgan fingerprint density at radius 3 is 1.40 bits per heavy atom. The van der Waals surface area contributed by atoms with E-state index in [-0.39, 0.29) is 46.6 Å². The van der Waals surface area contributed by atoms with Crippen LogP contribution in [0.25, 0.3) is 12.3 Å². The van der Waals surface area contributed by atoms with E-state index in [9.17, 15) is 18.9 Å². The molecule has 0 saturated heterocycles. The number of hydrogen-bond donors (Lipinski definition) is 2. The molecule has 0 aliphatic heterocycles. The number of nitrogens with two attached hydrogens (primary N) is 2. The zero-order valence-corrected chi connectivity index (χ0v) is 15.9. The summed E-state index contributed by atoms with van der Waals surface area (Å²) >= 11 is 0. The maximum atomic E-state index is 11.5. The second kappa shape index (κ2) is 14.8. The minimum Gasteiger partial charge on any atom is -0.693 e. The maximum Gasteiger partial charge on any atom is 2.00 e. The van der Waals surface area contributed by atoms with Crippen LogP contribution in [-0.4, -0.2) is 28.9 Å². The Labute approximate surface area is 135 Å². The minimum atomic E-state index is -4.03. The van der Waals surface area contributed by atoms with Crippen LogP contribution in [0.1, 0.15) is 39.5 Å². The summed E-state index contributed by atoms with van der Waals surface area (Å²) in [6.45, 7) is 4.05. The van der Waals surface area contributed by atoms with Crippen LogP contribution >= 0.6 is 15.2 Å². The Kier molecular flexibility index (Phi) is 21.5. The first kappa shape index (κ1) is 29.0. The molecular formula is C9H26N2O6P2Pt. The average molecular weight is 515 g/mol. The Bertz CT molecular complexity index is 280. The van der Waals surface area contributed by atoms with E-state index < -0.39 is 21.1 Å². The first-order valence-electron chi connectivity index (χ1n) is 5.75. The molecule has 8 nitrogen and oxygen atoms in total. The molecule has 0 aromatic rings. The largest absolute Gasteiger partial charge is 2.00 e. The molecule has 11 heteroatoms. The van der Waals surface area contributed by atoms with Crippen LogP contribution in [0.5, 0.6) is 0 Å². The summed E-state index contributed by atoms with van der Waals surface area (Å²) < 4.78 is 32.3. The third kappa shape index (κ3) is 17.0. The summed E-state index contributed by atoms with van der Waals surface area (Å²) in [4.78, 5) is 18.7. The third-order valence-electron chi connectivity index (χ3n) is 1.94.